The molecule has 0 unspecified atom stereocenters. The Labute approximate surface area is 201 Å². The van der Waals surface area contributed by atoms with E-state index in [-0.39, 0.29) is 39.0 Å². The standard InChI is InChI=1S/C20H14Cl3N5O3S/c1-30-18-13(21)17(28-20(29)10-7-32-11-6-24-8-26-16(10)11)14(22)19(15(18)23)31-9-27-12-4-2-3-5-25-12/h2-8H,9H2,1H3,(H,25,27)(H,28,29). The summed E-state index contributed by atoms with van der Waals surface area (Å²) in [6.07, 6.45) is 4.65. The van der Waals surface area contributed by atoms with Gasteiger partial charge in [0.1, 0.15) is 27.2 Å². The van der Waals surface area contributed by atoms with E-state index in [0.717, 1.165) is 4.70 Å². The summed E-state index contributed by atoms with van der Waals surface area (Å²) in [6, 6.07) is 5.39. The molecule has 164 valence electrons. The number of nitrogens with one attached hydrogen (secondary N) is 2. The number of carbonyl (C=O) groups excluding carboxylic acids is 1. The molecule has 12 heteroatoms. The van der Waals surface area contributed by atoms with Crippen LogP contribution in [0, 0.1) is 0 Å². The van der Waals surface area contributed by atoms with Gasteiger partial charge in [0.25, 0.3) is 5.91 Å². The van der Waals surface area contributed by atoms with Crippen LogP contribution in [0.5, 0.6) is 11.5 Å². The molecular formula is C20H14Cl3N5O3S. The van der Waals surface area contributed by atoms with E-state index in [1.165, 1.54) is 24.8 Å². The average Bonchev–Trinajstić information content (AvgIpc) is 3.24. The number of benzene rings is 1. The molecule has 4 rings (SSSR count). The summed E-state index contributed by atoms with van der Waals surface area (Å²) in [5.74, 6) is 0.338. The highest BCUT2D eigenvalue weighted by molar-refractivity contribution is 7.17. The van der Waals surface area contributed by atoms with Crippen LogP contribution in [0.4, 0.5) is 11.5 Å². The fourth-order valence-corrected chi connectivity index (χ4v) is 4.74. The zero-order chi connectivity index (χ0) is 22.7. The number of anilines is 2. The van der Waals surface area contributed by atoms with Gasteiger partial charge >= 0.3 is 0 Å². The van der Waals surface area contributed by atoms with Gasteiger partial charge in [-0.1, -0.05) is 40.9 Å². The zero-order valence-corrected chi connectivity index (χ0v) is 19.4. The molecule has 0 aliphatic carbocycles. The fraction of sp³-hybridized carbons (Fsp3) is 0.100. The number of rotatable bonds is 7. The third kappa shape index (κ3) is 4.37. The Bertz CT molecular complexity index is 1290. The minimum absolute atomic E-state index is 0.000709. The molecule has 32 heavy (non-hydrogen) atoms. The van der Waals surface area contributed by atoms with Gasteiger partial charge < -0.3 is 20.1 Å². The van der Waals surface area contributed by atoms with Crippen LogP contribution < -0.4 is 20.1 Å². The van der Waals surface area contributed by atoms with Crippen LogP contribution in [-0.4, -0.2) is 34.7 Å². The molecule has 0 fully saturated rings. The SMILES string of the molecule is COc1c(Cl)c(NC(=O)c2csc3cncnc23)c(Cl)c(OCNc2ccccn2)c1Cl. The third-order valence-corrected chi connectivity index (χ3v) is 6.27. The van der Waals surface area contributed by atoms with Crippen LogP contribution in [0.3, 0.4) is 0 Å². The second-order valence-corrected chi connectivity index (χ2v) is 8.24. The zero-order valence-electron chi connectivity index (χ0n) is 16.4. The molecule has 0 spiro atoms. The minimum atomic E-state index is -0.458. The van der Waals surface area contributed by atoms with Crippen LogP contribution in [0.15, 0.2) is 42.3 Å². The lowest BCUT2D eigenvalue weighted by molar-refractivity contribution is 0.102. The van der Waals surface area contributed by atoms with Gasteiger partial charge in [0.05, 0.1) is 28.6 Å². The van der Waals surface area contributed by atoms with E-state index in [1.807, 2.05) is 6.07 Å². The Hall–Kier alpha value is -2.85. The van der Waals surface area contributed by atoms with Crippen LogP contribution in [-0.2, 0) is 0 Å². The van der Waals surface area contributed by atoms with E-state index in [0.29, 0.717) is 16.9 Å². The van der Waals surface area contributed by atoms with Gasteiger partial charge in [0.2, 0.25) is 0 Å². The molecule has 3 aromatic heterocycles. The number of thiophene rings is 1. The first-order valence-corrected chi connectivity index (χ1v) is 11.0. The third-order valence-electron chi connectivity index (χ3n) is 4.30. The summed E-state index contributed by atoms with van der Waals surface area (Å²) < 4.78 is 11.8. The summed E-state index contributed by atoms with van der Waals surface area (Å²) in [6.45, 7) is 0.000709. The van der Waals surface area contributed by atoms with Crippen molar-refractivity contribution in [3.05, 3.63) is 62.9 Å². The van der Waals surface area contributed by atoms with E-state index in [2.05, 4.69) is 25.6 Å². The van der Waals surface area contributed by atoms with Crippen LogP contribution >= 0.6 is 46.1 Å². The Morgan fingerprint density at radius 1 is 1.12 bits per heavy atom. The van der Waals surface area contributed by atoms with Crippen molar-refractivity contribution in [2.24, 2.45) is 0 Å². The monoisotopic (exact) mass is 509 g/mol. The molecule has 0 aliphatic heterocycles. The van der Waals surface area contributed by atoms with E-state index in [1.54, 1.807) is 29.9 Å². The number of pyridine rings is 1. The maximum atomic E-state index is 13.0. The number of hydrogen-bond donors (Lipinski definition) is 2. The van der Waals surface area contributed by atoms with Gasteiger partial charge in [0, 0.05) is 17.8 Å². The van der Waals surface area contributed by atoms with Gasteiger partial charge in [-0.25, -0.2) is 15.0 Å². The van der Waals surface area contributed by atoms with Crippen molar-refractivity contribution in [2.45, 2.75) is 0 Å². The molecule has 0 aliphatic rings. The van der Waals surface area contributed by atoms with Crippen LogP contribution in [0.2, 0.25) is 15.1 Å². The van der Waals surface area contributed by atoms with Gasteiger partial charge in [0.15, 0.2) is 18.2 Å². The topological polar surface area (TPSA) is 98.3 Å². The van der Waals surface area contributed by atoms with Crippen molar-refractivity contribution < 1.29 is 14.3 Å². The number of fused-ring (bicyclic) bond motifs is 1. The van der Waals surface area contributed by atoms with Gasteiger partial charge in [-0.3, -0.25) is 4.79 Å². The number of carbonyl (C=O) groups is 1. The highest BCUT2D eigenvalue weighted by Gasteiger charge is 2.26. The Kier molecular flexibility index (Phi) is 6.80. The molecule has 3 heterocycles. The second kappa shape index (κ2) is 9.74. The minimum Gasteiger partial charge on any atom is -0.493 e. The Balaban J connectivity index is 1.63. The van der Waals surface area contributed by atoms with Crippen LogP contribution in [0.1, 0.15) is 10.4 Å². The number of nitrogens with zero attached hydrogens (tertiary/aromatic N) is 3. The normalized spacial score (nSPS) is 10.8. The predicted octanol–water partition coefficient (Wildman–Crippen LogP) is 5.76. The quantitative estimate of drug-likeness (QED) is 0.305. The van der Waals surface area contributed by atoms with Gasteiger partial charge in [-0.05, 0) is 12.1 Å². The molecule has 0 saturated carbocycles. The highest BCUT2D eigenvalue weighted by atomic mass is 35.5. The number of methoxy groups -OCH3 is 1. The van der Waals surface area contributed by atoms with Crippen molar-refractivity contribution in [1.82, 2.24) is 15.0 Å². The fourth-order valence-electron chi connectivity index (χ4n) is 2.81. The van der Waals surface area contributed by atoms with Crippen molar-refractivity contribution in [1.29, 1.82) is 0 Å². The van der Waals surface area contributed by atoms with E-state index in [9.17, 15) is 4.79 Å². The Morgan fingerprint density at radius 2 is 1.94 bits per heavy atom. The predicted molar refractivity (Wildman–Crippen MR) is 127 cm³/mol. The first-order valence-electron chi connectivity index (χ1n) is 9.02. The molecule has 0 atom stereocenters. The first-order chi connectivity index (χ1) is 15.5. The molecule has 0 radical (unpaired) electrons. The lowest BCUT2D eigenvalue weighted by Gasteiger charge is -2.18. The molecule has 0 bridgehead atoms. The molecular weight excluding hydrogens is 497 g/mol. The first kappa shape index (κ1) is 22.3. The largest absolute Gasteiger partial charge is 0.493 e. The summed E-state index contributed by atoms with van der Waals surface area (Å²) in [7, 11) is 1.39. The number of ether oxygens (including phenoxy) is 2. The molecule has 0 saturated heterocycles. The summed E-state index contributed by atoms with van der Waals surface area (Å²) in [5.41, 5.74) is 0.972. The van der Waals surface area contributed by atoms with E-state index >= 15 is 0 Å². The highest BCUT2D eigenvalue weighted by Crippen LogP contribution is 2.50. The lowest BCUT2D eigenvalue weighted by Crippen LogP contribution is -2.14. The van der Waals surface area contributed by atoms with E-state index < -0.39 is 5.91 Å². The molecule has 8 nitrogen and oxygen atoms in total. The van der Waals surface area contributed by atoms with Crippen molar-refractivity contribution >= 4 is 73.8 Å². The number of hydrogen-bond acceptors (Lipinski definition) is 8. The van der Waals surface area contributed by atoms with Crippen LogP contribution in [0.25, 0.3) is 10.2 Å². The molecule has 1 amide bonds. The lowest BCUT2D eigenvalue weighted by atomic mass is 10.2. The maximum Gasteiger partial charge on any atom is 0.258 e. The summed E-state index contributed by atoms with van der Waals surface area (Å²) in [4.78, 5) is 25.2. The smallest absolute Gasteiger partial charge is 0.258 e. The molecule has 4 aromatic rings. The average molecular weight is 511 g/mol. The molecule has 2 N–H and O–H groups in total. The Morgan fingerprint density at radius 3 is 2.69 bits per heavy atom. The van der Waals surface area contributed by atoms with Crippen molar-refractivity contribution in [2.75, 3.05) is 24.5 Å². The van der Waals surface area contributed by atoms with E-state index in [4.69, 9.17) is 44.3 Å². The number of halogens is 3. The van der Waals surface area contributed by atoms with Crippen molar-refractivity contribution in [3.8, 4) is 11.5 Å². The van der Waals surface area contributed by atoms with Gasteiger partial charge in [-0.2, -0.15) is 0 Å². The second-order valence-electron chi connectivity index (χ2n) is 6.20. The summed E-state index contributed by atoms with van der Waals surface area (Å²) >= 11 is 20.7. The summed E-state index contributed by atoms with van der Waals surface area (Å²) in [5, 5.41) is 7.50. The number of amides is 1. The number of aromatic nitrogens is 3. The van der Waals surface area contributed by atoms with Gasteiger partial charge in [-0.15, -0.1) is 11.3 Å². The molecule has 1 aromatic carbocycles. The van der Waals surface area contributed by atoms with Crippen molar-refractivity contribution in [3.63, 3.8) is 0 Å². The maximum absolute atomic E-state index is 13.0.